The molecule has 0 aliphatic carbocycles. The third-order valence-corrected chi connectivity index (χ3v) is 5.55. The summed E-state index contributed by atoms with van der Waals surface area (Å²) in [6, 6.07) is 16.4. The van der Waals surface area contributed by atoms with Crippen LogP contribution < -0.4 is 16.0 Å². The molecule has 1 aliphatic heterocycles. The van der Waals surface area contributed by atoms with Gasteiger partial charge in [-0.3, -0.25) is 14.3 Å². The fraction of sp³-hybridized carbons (Fsp3) is 0.217. The summed E-state index contributed by atoms with van der Waals surface area (Å²) in [6.45, 7) is -0.386. The molecule has 3 N–H and O–H groups in total. The number of hydrogen-bond acceptors (Lipinski definition) is 8. The molecule has 1 aliphatic rings. The lowest BCUT2D eigenvalue weighted by Crippen LogP contribution is -2.33. The second-order valence-electron chi connectivity index (χ2n) is 7.76. The van der Waals surface area contributed by atoms with Gasteiger partial charge in [0.25, 0.3) is 5.56 Å². The van der Waals surface area contributed by atoms with Crippen molar-refractivity contribution in [3.05, 3.63) is 87.8 Å². The predicted molar refractivity (Wildman–Crippen MR) is 120 cm³/mol. The highest BCUT2D eigenvalue weighted by Gasteiger charge is 2.35. The Labute approximate surface area is 192 Å². The third kappa shape index (κ3) is 4.15. The fourth-order valence-electron chi connectivity index (χ4n) is 3.82. The molecule has 0 radical (unpaired) electrons. The number of aromatic amines is 1. The molecule has 2 aromatic carbocycles. The van der Waals surface area contributed by atoms with E-state index in [1.807, 2.05) is 30.3 Å². The van der Waals surface area contributed by atoms with Gasteiger partial charge in [0.1, 0.15) is 29.5 Å². The normalized spacial score (nSPS) is 19.9. The van der Waals surface area contributed by atoms with Gasteiger partial charge in [0, 0.05) is 12.6 Å². The van der Waals surface area contributed by atoms with Crippen molar-refractivity contribution in [1.29, 1.82) is 0 Å². The summed E-state index contributed by atoms with van der Waals surface area (Å²) in [5.41, 5.74) is -0.196. The molecule has 4 aromatic rings. The smallest absolute Gasteiger partial charge is 0.330 e. The second-order valence-corrected chi connectivity index (χ2v) is 7.76. The number of benzene rings is 2. The standard InChI is InChI=1S/C23H21N5O6/c29-13-20-19(30)10-21(34-20)27-12-17(22(31)25-23(27)32)18-11-24-26-28(18)14-6-8-16(9-7-14)33-15-4-2-1-3-5-15/h1-9,11-12,19-21,29-30H,10,13H2,(H,25,31,32)/t19-,20+,21+/m0/s1. The van der Waals surface area contributed by atoms with Gasteiger partial charge in [0.15, 0.2) is 0 Å². The highest BCUT2D eigenvalue weighted by Crippen LogP contribution is 2.28. The maximum Gasteiger partial charge on any atom is 0.330 e. The van der Waals surface area contributed by atoms with E-state index in [0.717, 1.165) is 0 Å². The molecule has 0 spiro atoms. The van der Waals surface area contributed by atoms with E-state index in [-0.39, 0.29) is 18.6 Å². The molecule has 1 fully saturated rings. The van der Waals surface area contributed by atoms with Gasteiger partial charge < -0.3 is 19.7 Å². The Hall–Kier alpha value is -4.06. The SMILES string of the molecule is O=c1[nH]c(=O)n([C@H]2C[C@H](O)[C@@H](CO)O2)cc1-c1cnnn1-c1ccc(Oc2ccccc2)cc1. The number of H-pyrrole nitrogens is 1. The molecule has 5 rings (SSSR count). The number of aliphatic hydroxyl groups excluding tert-OH is 2. The van der Waals surface area contributed by atoms with E-state index in [9.17, 15) is 19.8 Å². The first-order chi connectivity index (χ1) is 16.5. The Balaban J connectivity index is 1.46. The summed E-state index contributed by atoms with van der Waals surface area (Å²) in [4.78, 5) is 27.3. The average molecular weight is 463 g/mol. The number of nitrogens with zero attached hydrogens (tertiary/aromatic N) is 4. The van der Waals surface area contributed by atoms with Gasteiger partial charge in [-0.25, -0.2) is 9.48 Å². The Morgan fingerprint density at radius 2 is 1.82 bits per heavy atom. The molecule has 11 nitrogen and oxygen atoms in total. The van der Waals surface area contributed by atoms with Crippen LogP contribution in [0.3, 0.4) is 0 Å². The van der Waals surface area contributed by atoms with Crippen LogP contribution in [-0.4, -0.2) is 53.6 Å². The van der Waals surface area contributed by atoms with Crippen molar-refractivity contribution >= 4 is 0 Å². The molecule has 174 valence electrons. The molecule has 0 unspecified atom stereocenters. The zero-order valence-electron chi connectivity index (χ0n) is 17.8. The van der Waals surface area contributed by atoms with Crippen molar-refractivity contribution in [2.24, 2.45) is 0 Å². The zero-order valence-corrected chi connectivity index (χ0v) is 17.8. The molecular formula is C23H21N5O6. The fourth-order valence-corrected chi connectivity index (χ4v) is 3.82. The molecule has 3 heterocycles. The lowest BCUT2D eigenvalue weighted by atomic mass is 10.2. The molecule has 1 saturated heterocycles. The summed E-state index contributed by atoms with van der Waals surface area (Å²) < 4.78 is 14.0. The lowest BCUT2D eigenvalue weighted by Gasteiger charge is -2.15. The van der Waals surface area contributed by atoms with Gasteiger partial charge in [0.05, 0.1) is 30.2 Å². The van der Waals surface area contributed by atoms with Crippen molar-refractivity contribution in [2.45, 2.75) is 24.9 Å². The minimum Gasteiger partial charge on any atom is -0.457 e. The molecule has 34 heavy (non-hydrogen) atoms. The minimum atomic E-state index is -0.930. The Kier molecular flexibility index (Phi) is 5.80. The Morgan fingerprint density at radius 1 is 1.09 bits per heavy atom. The number of aliphatic hydroxyl groups is 2. The topological polar surface area (TPSA) is 144 Å². The van der Waals surface area contributed by atoms with Crippen molar-refractivity contribution in [3.8, 4) is 28.4 Å². The van der Waals surface area contributed by atoms with Gasteiger partial charge in [-0.15, -0.1) is 5.10 Å². The summed E-state index contributed by atoms with van der Waals surface area (Å²) in [5.74, 6) is 1.33. The van der Waals surface area contributed by atoms with Crippen molar-refractivity contribution in [3.63, 3.8) is 0 Å². The highest BCUT2D eigenvalue weighted by atomic mass is 16.5. The maximum absolute atomic E-state index is 12.6. The molecular weight excluding hydrogens is 442 g/mol. The quantitative estimate of drug-likeness (QED) is 0.387. The Morgan fingerprint density at radius 3 is 2.53 bits per heavy atom. The van der Waals surface area contributed by atoms with E-state index in [2.05, 4.69) is 15.3 Å². The molecule has 2 aromatic heterocycles. The van der Waals surface area contributed by atoms with E-state index in [0.29, 0.717) is 22.9 Å². The summed E-state index contributed by atoms with van der Waals surface area (Å²) >= 11 is 0. The van der Waals surface area contributed by atoms with E-state index in [4.69, 9.17) is 9.47 Å². The summed E-state index contributed by atoms with van der Waals surface area (Å²) in [7, 11) is 0. The summed E-state index contributed by atoms with van der Waals surface area (Å²) in [6.07, 6.45) is 0.276. The minimum absolute atomic E-state index is 0.0943. The highest BCUT2D eigenvalue weighted by molar-refractivity contribution is 5.59. The molecule has 11 heteroatoms. The molecule has 3 atom stereocenters. The summed E-state index contributed by atoms with van der Waals surface area (Å²) in [5, 5.41) is 27.4. The van der Waals surface area contributed by atoms with Crippen LogP contribution in [0.5, 0.6) is 11.5 Å². The second kappa shape index (κ2) is 9.06. The van der Waals surface area contributed by atoms with Crippen molar-refractivity contribution in [1.82, 2.24) is 24.5 Å². The zero-order chi connectivity index (χ0) is 23.7. The maximum atomic E-state index is 12.6. The lowest BCUT2D eigenvalue weighted by molar-refractivity contribution is -0.0458. The molecule has 0 bridgehead atoms. The predicted octanol–water partition coefficient (Wildman–Crippen LogP) is 1.22. The first-order valence-corrected chi connectivity index (χ1v) is 10.6. The van der Waals surface area contributed by atoms with Gasteiger partial charge in [0.2, 0.25) is 0 Å². The first kappa shape index (κ1) is 21.8. The van der Waals surface area contributed by atoms with Gasteiger partial charge in [-0.2, -0.15) is 0 Å². The van der Waals surface area contributed by atoms with Crippen LogP contribution in [-0.2, 0) is 4.74 Å². The van der Waals surface area contributed by atoms with E-state index in [1.165, 1.54) is 21.6 Å². The van der Waals surface area contributed by atoms with Crippen LogP contribution in [0.2, 0.25) is 0 Å². The molecule has 0 amide bonds. The Bertz CT molecular complexity index is 1400. The van der Waals surface area contributed by atoms with Crippen molar-refractivity contribution in [2.75, 3.05) is 6.61 Å². The van der Waals surface area contributed by atoms with Crippen LogP contribution >= 0.6 is 0 Å². The molecule has 0 saturated carbocycles. The number of para-hydroxylation sites is 1. The number of ether oxygens (including phenoxy) is 2. The van der Waals surface area contributed by atoms with Gasteiger partial charge >= 0.3 is 5.69 Å². The van der Waals surface area contributed by atoms with Crippen LogP contribution in [0.4, 0.5) is 0 Å². The number of rotatable bonds is 6. The van der Waals surface area contributed by atoms with Gasteiger partial charge in [-0.05, 0) is 36.4 Å². The number of hydrogen-bond donors (Lipinski definition) is 3. The monoisotopic (exact) mass is 463 g/mol. The number of aromatic nitrogens is 5. The van der Waals surface area contributed by atoms with Crippen LogP contribution in [0.25, 0.3) is 16.9 Å². The van der Waals surface area contributed by atoms with Gasteiger partial charge in [-0.1, -0.05) is 23.4 Å². The van der Waals surface area contributed by atoms with E-state index in [1.54, 1.807) is 24.3 Å². The average Bonchev–Trinajstić information content (AvgIpc) is 3.47. The number of nitrogens with one attached hydrogen (secondary N) is 1. The first-order valence-electron chi connectivity index (χ1n) is 10.6. The van der Waals surface area contributed by atoms with E-state index < -0.39 is 29.7 Å². The van der Waals surface area contributed by atoms with Crippen LogP contribution in [0.15, 0.2) is 76.6 Å². The third-order valence-electron chi connectivity index (χ3n) is 5.55. The van der Waals surface area contributed by atoms with Crippen LogP contribution in [0.1, 0.15) is 12.6 Å². The largest absolute Gasteiger partial charge is 0.457 e. The van der Waals surface area contributed by atoms with Crippen molar-refractivity contribution < 1.29 is 19.7 Å². The van der Waals surface area contributed by atoms with Crippen LogP contribution in [0, 0.1) is 0 Å². The van der Waals surface area contributed by atoms with E-state index >= 15 is 0 Å².